The molecule has 0 aliphatic rings. The highest BCUT2D eigenvalue weighted by Gasteiger charge is 2.17. The van der Waals surface area contributed by atoms with Gasteiger partial charge in [0.05, 0.1) is 34.0 Å². The van der Waals surface area contributed by atoms with Gasteiger partial charge in [-0.3, -0.25) is 14.9 Å². The van der Waals surface area contributed by atoms with Gasteiger partial charge in [0.25, 0.3) is 11.6 Å². The molecule has 194 valence electrons. The third kappa shape index (κ3) is 6.20. The first-order valence-corrected chi connectivity index (χ1v) is 12.7. The molecule has 0 aliphatic heterocycles. The summed E-state index contributed by atoms with van der Waals surface area (Å²) < 4.78 is 18.0. The number of amides is 1. The number of nitro benzene ring substituents is 1. The summed E-state index contributed by atoms with van der Waals surface area (Å²) in [7, 11) is 1.38. The number of nitrogens with zero attached hydrogens (tertiary/aromatic N) is 2. The maximum absolute atomic E-state index is 12.6. The zero-order chi connectivity index (χ0) is 27.1. The highest BCUT2D eigenvalue weighted by atomic mass is 127. The van der Waals surface area contributed by atoms with E-state index in [9.17, 15) is 14.9 Å². The predicted molar refractivity (Wildman–Crippen MR) is 153 cm³/mol. The summed E-state index contributed by atoms with van der Waals surface area (Å²) in [6.07, 6.45) is 1.46. The molecule has 10 heteroatoms. The van der Waals surface area contributed by atoms with Crippen LogP contribution in [0.15, 0.2) is 77.9 Å². The number of non-ortho nitro benzene ring substituents is 1. The summed E-state index contributed by atoms with van der Waals surface area (Å²) in [6.45, 7) is 2.69. The number of nitro groups is 1. The van der Waals surface area contributed by atoms with E-state index in [4.69, 9.17) is 14.2 Å². The Hall–Kier alpha value is -4.19. The van der Waals surface area contributed by atoms with Crippen molar-refractivity contribution >= 4 is 51.2 Å². The van der Waals surface area contributed by atoms with E-state index in [0.29, 0.717) is 30.3 Å². The quantitative estimate of drug-likeness (QED) is 0.0987. The first-order chi connectivity index (χ1) is 18.4. The van der Waals surface area contributed by atoms with Crippen molar-refractivity contribution in [3.8, 4) is 17.2 Å². The number of ether oxygens (including phenoxy) is 3. The van der Waals surface area contributed by atoms with Crippen LogP contribution in [-0.4, -0.2) is 30.8 Å². The number of hydrogen-bond donors (Lipinski definition) is 1. The molecule has 38 heavy (non-hydrogen) atoms. The number of hydrogen-bond acceptors (Lipinski definition) is 7. The first kappa shape index (κ1) is 26.9. The monoisotopic (exact) mass is 625 g/mol. The lowest BCUT2D eigenvalue weighted by atomic mass is 10.1. The Morgan fingerprint density at radius 2 is 1.84 bits per heavy atom. The standard InChI is InChI=1S/C28H24IN3O6/c1-3-37-26-14-18(16-30-31-28(33)23-15-21(32(34)35)11-12-25(23)36-2)13-24(29)27(26)38-17-20-9-6-8-19-7-4-5-10-22(19)20/h4-16H,3,17H2,1-2H3,(H,31,33)/b30-16-. The zero-order valence-electron chi connectivity index (χ0n) is 20.6. The number of nitrogens with one attached hydrogen (secondary N) is 1. The van der Waals surface area contributed by atoms with Crippen LogP contribution in [0.4, 0.5) is 5.69 Å². The molecule has 0 unspecified atom stereocenters. The largest absolute Gasteiger partial charge is 0.496 e. The van der Waals surface area contributed by atoms with Crippen LogP contribution >= 0.6 is 22.6 Å². The Morgan fingerprint density at radius 3 is 2.61 bits per heavy atom. The number of methoxy groups -OCH3 is 1. The Kier molecular flexibility index (Phi) is 8.74. The van der Waals surface area contributed by atoms with Crippen molar-refractivity contribution in [2.45, 2.75) is 13.5 Å². The minimum absolute atomic E-state index is 0.000574. The lowest BCUT2D eigenvalue weighted by Crippen LogP contribution is -2.18. The van der Waals surface area contributed by atoms with Gasteiger partial charge in [-0.2, -0.15) is 5.10 Å². The van der Waals surface area contributed by atoms with Crippen LogP contribution in [0.2, 0.25) is 0 Å². The van der Waals surface area contributed by atoms with Crippen LogP contribution < -0.4 is 19.6 Å². The second-order valence-electron chi connectivity index (χ2n) is 8.03. The van der Waals surface area contributed by atoms with Gasteiger partial charge in [-0.05, 0) is 69.6 Å². The number of carbonyl (C=O) groups is 1. The fourth-order valence-electron chi connectivity index (χ4n) is 3.85. The molecule has 0 heterocycles. The molecular formula is C28H24IN3O6. The summed E-state index contributed by atoms with van der Waals surface area (Å²) >= 11 is 2.17. The molecule has 0 saturated carbocycles. The lowest BCUT2D eigenvalue weighted by Gasteiger charge is -2.15. The van der Waals surface area contributed by atoms with Crippen LogP contribution in [0.3, 0.4) is 0 Å². The van der Waals surface area contributed by atoms with Crippen molar-refractivity contribution in [3.05, 3.63) is 103 Å². The fraction of sp³-hybridized carbons (Fsp3) is 0.143. The number of fused-ring (bicyclic) bond motifs is 1. The number of hydrazone groups is 1. The van der Waals surface area contributed by atoms with Crippen molar-refractivity contribution in [2.24, 2.45) is 5.10 Å². The van der Waals surface area contributed by atoms with Crippen LogP contribution in [0, 0.1) is 13.7 Å². The van der Waals surface area contributed by atoms with Crippen LogP contribution in [0.5, 0.6) is 17.2 Å². The molecule has 1 amide bonds. The third-order valence-corrected chi connectivity index (χ3v) is 6.40. The number of rotatable bonds is 10. The number of halogens is 1. The highest BCUT2D eigenvalue weighted by Crippen LogP contribution is 2.35. The third-order valence-electron chi connectivity index (χ3n) is 5.60. The molecule has 0 aromatic heterocycles. The molecule has 4 rings (SSSR count). The minimum atomic E-state index is -0.642. The summed E-state index contributed by atoms with van der Waals surface area (Å²) in [5.41, 5.74) is 3.89. The van der Waals surface area contributed by atoms with Gasteiger partial charge in [-0.25, -0.2) is 5.43 Å². The molecular weight excluding hydrogens is 601 g/mol. The van der Waals surface area contributed by atoms with Gasteiger partial charge in [-0.15, -0.1) is 0 Å². The van der Waals surface area contributed by atoms with Gasteiger partial charge >= 0.3 is 0 Å². The van der Waals surface area contributed by atoms with E-state index in [1.165, 1.54) is 25.5 Å². The molecule has 0 saturated heterocycles. The van der Waals surface area contributed by atoms with E-state index in [1.807, 2.05) is 37.3 Å². The van der Waals surface area contributed by atoms with E-state index in [-0.39, 0.29) is 17.0 Å². The van der Waals surface area contributed by atoms with Crippen LogP contribution in [0.25, 0.3) is 10.8 Å². The summed E-state index contributed by atoms with van der Waals surface area (Å²) in [6, 6.07) is 21.6. The predicted octanol–water partition coefficient (Wildman–Crippen LogP) is 6.10. The Morgan fingerprint density at radius 1 is 1.05 bits per heavy atom. The molecule has 1 N–H and O–H groups in total. The minimum Gasteiger partial charge on any atom is -0.496 e. The van der Waals surface area contributed by atoms with Crippen molar-refractivity contribution in [3.63, 3.8) is 0 Å². The average Bonchev–Trinajstić information content (AvgIpc) is 2.92. The molecule has 4 aromatic rings. The second-order valence-corrected chi connectivity index (χ2v) is 9.19. The fourth-order valence-corrected chi connectivity index (χ4v) is 4.63. The van der Waals surface area contributed by atoms with E-state index in [0.717, 1.165) is 26.0 Å². The van der Waals surface area contributed by atoms with E-state index in [1.54, 1.807) is 6.07 Å². The van der Waals surface area contributed by atoms with Crippen LogP contribution in [-0.2, 0) is 6.61 Å². The molecule has 0 aliphatic carbocycles. The van der Waals surface area contributed by atoms with Crippen molar-refractivity contribution in [1.82, 2.24) is 5.43 Å². The van der Waals surface area contributed by atoms with Gasteiger partial charge in [0.2, 0.25) is 0 Å². The molecule has 0 atom stereocenters. The Labute approximate surface area is 232 Å². The van der Waals surface area contributed by atoms with Gasteiger partial charge in [0.15, 0.2) is 11.5 Å². The van der Waals surface area contributed by atoms with Crippen molar-refractivity contribution in [2.75, 3.05) is 13.7 Å². The Balaban J connectivity index is 1.52. The normalized spacial score (nSPS) is 10.9. The van der Waals surface area contributed by atoms with E-state index < -0.39 is 10.8 Å². The first-order valence-electron chi connectivity index (χ1n) is 11.6. The van der Waals surface area contributed by atoms with Gasteiger partial charge in [0, 0.05) is 12.1 Å². The highest BCUT2D eigenvalue weighted by molar-refractivity contribution is 14.1. The number of carbonyl (C=O) groups excluding carboxylic acids is 1. The second kappa shape index (κ2) is 12.4. The van der Waals surface area contributed by atoms with Gasteiger partial charge in [0.1, 0.15) is 12.4 Å². The van der Waals surface area contributed by atoms with E-state index >= 15 is 0 Å². The van der Waals surface area contributed by atoms with Crippen molar-refractivity contribution in [1.29, 1.82) is 0 Å². The van der Waals surface area contributed by atoms with Gasteiger partial charge < -0.3 is 14.2 Å². The number of benzene rings is 4. The van der Waals surface area contributed by atoms with Crippen LogP contribution in [0.1, 0.15) is 28.4 Å². The van der Waals surface area contributed by atoms with Crippen molar-refractivity contribution < 1.29 is 23.9 Å². The zero-order valence-corrected chi connectivity index (χ0v) is 22.8. The maximum atomic E-state index is 12.6. The summed E-state index contributed by atoms with van der Waals surface area (Å²) in [5, 5.41) is 17.4. The molecule has 0 spiro atoms. The maximum Gasteiger partial charge on any atom is 0.275 e. The lowest BCUT2D eigenvalue weighted by molar-refractivity contribution is -0.384. The summed E-state index contributed by atoms with van der Waals surface area (Å²) in [5.74, 6) is 0.719. The van der Waals surface area contributed by atoms with E-state index in [2.05, 4.69) is 51.3 Å². The van der Waals surface area contributed by atoms with Gasteiger partial charge in [-0.1, -0.05) is 42.5 Å². The average molecular weight is 625 g/mol. The molecule has 0 radical (unpaired) electrons. The topological polar surface area (TPSA) is 112 Å². The Bertz CT molecular complexity index is 1520. The SMILES string of the molecule is CCOc1cc(/C=N\NC(=O)c2cc([N+](=O)[O-])ccc2OC)cc(I)c1OCc1cccc2ccccc12. The smallest absolute Gasteiger partial charge is 0.275 e. The molecule has 9 nitrogen and oxygen atoms in total. The molecule has 0 fully saturated rings. The summed E-state index contributed by atoms with van der Waals surface area (Å²) in [4.78, 5) is 23.1. The molecule has 4 aromatic carbocycles. The molecule has 0 bridgehead atoms.